The lowest BCUT2D eigenvalue weighted by molar-refractivity contribution is 0.0982. The number of ketones is 1. The minimum Gasteiger partial charge on any atom is -0.294 e. The molecule has 92 valence electrons. The summed E-state index contributed by atoms with van der Waals surface area (Å²) >= 11 is 0. The number of carbonyl (C=O) groups is 1. The van der Waals surface area contributed by atoms with Gasteiger partial charge in [0.1, 0.15) is 0 Å². The average molecular weight is 239 g/mol. The maximum Gasteiger partial charge on any atom is 0.163 e. The fourth-order valence-electron chi connectivity index (χ4n) is 2.04. The zero-order chi connectivity index (χ0) is 13.0. The van der Waals surface area contributed by atoms with Crippen molar-refractivity contribution in [2.24, 2.45) is 0 Å². The highest BCUT2D eigenvalue weighted by atomic mass is 16.1. The molecule has 1 aromatic carbocycles. The molecular weight excluding hydrogens is 222 g/mol. The van der Waals surface area contributed by atoms with E-state index in [1.165, 1.54) is 5.56 Å². The number of pyridine rings is 1. The molecule has 0 fully saturated rings. The van der Waals surface area contributed by atoms with Gasteiger partial charge < -0.3 is 0 Å². The molecule has 18 heavy (non-hydrogen) atoms. The summed E-state index contributed by atoms with van der Waals surface area (Å²) in [7, 11) is 0. The molecule has 2 heteroatoms. The molecule has 0 unspecified atom stereocenters. The van der Waals surface area contributed by atoms with Gasteiger partial charge in [-0.05, 0) is 38.0 Å². The van der Waals surface area contributed by atoms with E-state index in [1.807, 2.05) is 44.2 Å². The smallest absolute Gasteiger partial charge is 0.163 e. The number of hydrogen-bond donors (Lipinski definition) is 0. The van der Waals surface area contributed by atoms with E-state index >= 15 is 0 Å². The normalized spacial score (nSPS) is 10.3. The third kappa shape index (κ3) is 3.27. The zero-order valence-electron chi connectivity index (χ0n) is 10.8. The van der Waals surface area contributed by atoms with Crippen LogP contribution in [0.4, 0.5) is 0 Å². The molecule has 0 aliphatic carbocycles. The molecule has 0 radical (unpaired) electrons. The van der Waals surface area contributed by atoms with E-state index in [4.69, 9.17) is 0 Å². The largest absolute Gasteiger partial charge is 0.294 e. The molecule has 2 aromatic rings. The number of hydrogen-bond acceptors (Lipinski definition) is 2. The third-order valence-corrected chi connectivity index (χ3v) is 2.89. The van der Waals surface area contributed by atoms with Crippen LogP contribution in [0.1, 0.15) is 33.7 Å². The molecular formula is C16H17NO. The number of benzene rings is 1. The van der Waals surface area contributed by atoms with E-state index in [0.717, 1.165) is 23.4 Å². The maximum atomic E-state index is 12.1. The summed E-state index contributed by atoms with van der Waals surface area (Å²) < 4.78 is 0. The predicted molar refractivity (Wildman–Crippen MR) is 72.8 cm³/mol. The van der Waals surface area contributed by atoms with Crippen molar-refractivity contribution in [3.8, 4) is 0 Å². The Hall–Kier alpha value is -1.96. The van der Waals surface area contributed by atoms with Gasteiger partial charge in [-0.2, -0.15) is 0 Å². The van der Waals surface area contributed by atoms with Crippen LogP contribution in [0.2, 0.25) is 0 Å². The summed E-state index contributed by atoms with van der Waals surface area (Å²) in [6.45, 7) is 3.84. The molecule has 0 spiro atoms. The Balaban J connectivity index is 2.04. The number of aryl methyl sites for hydroxylation is 3. The molecule has 0 atom stereocenters. The standard InChI is InChI=1S/C16H17NO/c1-12-10-15(11-13(2)17-12)16(18)9-8-14-6-4-3-5-7-14/h3-7,10-11H,8-9H2,1-2H3. The fraction of sp³-hybridized carbons (Fsp3) is 0.250. The van der Waals surface area contributed by atoms with Crippen molar-refractivity contribution in [1.29, 1.82) is 0 Å². The second-order valence-corrected chi connectivity index (χ2v) is 4.55. The molecule has 0 saturated carbocycles. The van der Waals surface area contributed by atoms with E-state index in [9.17, 15) is 4.79 Å². The fourth-order valence-corrected chi connectivity index (χ4v) is 2.04. The number of aromatic nitrogens is 1. The van der Waals surface area contributed by atoms with Crippen molar-refractivity contribution in [1.82, 2.24) is 4.98 Å². The highest BCUT2D eigenvalue weighted by Gasteiger charge is 2.07. The highest BCUT2D eigenvalue weighted by Crippen LogP contribution is 2.10. The monoisotopic (exact) mass is 239 g/mol. The van der Waals surface area contributed by atoms with Crippen molar-refractivity contribution in [2.45, 2.75) is 26.7 Å². The quantitative estimate of drug-likeness (QED) is 0.764. The van der Waals surface area contributed by atoms with Gasteiger partial charge in [0, 0.05) is 23.4 Å². The van der Waals surface area contributed by atoms with Crippen LogP contribution in [0.25, 0.3) is 0 Å². The first-order valence-electron chi connectivity index (χ1n) is 6.17. The Kier molecular flexibility index (Phi) is 3.88. The Morgan fingerprint density at radius 1 is 1.06 bits per heavy atom. The topological polar surface area (TPSA) is 30.0 Å². The minimum atomic E-state index is 0.187. The van der Waals surface area contributed by atoms with E-state index < -0.39 is 0 Å². The molecule has 2 rings (SSSR count). The average Bonchev–Trinajstić information content (AvgIpc) is 2.36. The molecule has 1 heterocycles. The van der Waals surface area contributed by atoms with Crippen LogP contribution in [0, 0.1) is 13.8 Å². The van der Waals surface area contributed by atoms with Gasteiger partial charge >= 0.3 is 0 Å². The second kappa shape index (κ2) is 5.58. The lowest BCUT2D eigenvalue weighted by Crippen LogP contribution is -2.03. The van der Waals surface area contributed by atoms with Crippen LogP contribution >= 0.6 is 0 Å². The molecule has 0 amide bonds. The molecule has 0 bridgehead atoms. The molecule has 0 N–H and O–H groups in total. The van der Waals surface area contributed by atoms with Crippen molar-refractivity contribution in [3.05, 3.63) is 65.0 Å². The maximum absolute atomic E-state index is 12.1. The Morgan fingerprint density at radius 3 is 2.28 bits per heavy atom. The first kappa shape index (κ1) is 12.5. The zero-order valence-corrected chi connectivity index (χ0v) is 10.8. The van der Waals surface area contributed by atoms with Crippen molar-refractivity contribution < 1.29 is 4.79 Å². The van der Waals surface area contributed by atoms with Crippen molar-refractivity contribution in [2.75, 3.05) is 0 Å². The van der Waals surface area contributed by atoms with Gasteiger partial charge in [-0.3, -0.25) is 9.78 Å². The third-order valence-electron chi connectivity index (χ3n) is 2.89. The highest BCUT2D eigenvalue weighted by molar-refractivity contribution is 5.96. The van der Waals surface area contributed by atoms with Crippen LogP contribution in [0.5, 0.6) is 0 Å². The van der Waals surface area contributed by atoms with E-state index in [1.54, 1.807) is 0 Å². The number of nitrogens with zero attached hydrogens (tertiary/aromatic N) is 1. The van der Waals surface area contributed by atoms with Gasteiger partial charge in [0.25, 0.3) is 0 Å². The van der Waals surface area contributed by atoms with Crippen LogP contribution in [0.3, 0.4) is 0 Å². The van der Waals surface area contributed by atoms with Gasteiger partial charge in [0.15, 0.2) is 5.78 Å². The Bertz CT molecular complexity index is 526. The predicted octanol–water partition coefficient (Wildman–Crippen LogP) is 3.51. The SMILES string of the molecule is Cc1cc(C(=O)CCc2ccccc2)cc(C)n1. The second-order valence-electron chi connectivity index (χ2n) is 4.55. The number of Topliss-reactive ketones (excluding diaryl/α,β-unsaturated/α-hetero) is 1. The molecule has 1 aromatic heterocycles. The molecule has 0 aliphatic heterocycles. The van der Waals surface area contributed by atoms with Crippen LogP contribution in [0.15, 0.2) is 42.5 Å². The van der Waals surface area contributed by atoms with E-state index in [2.05, 4.69) is 17.1 Å². The lowest BCUT2D eigenvalue weighted by Gasteiger charge is -2.04. The summed E-state index contributed by atoms with van der Waals surface area (Å²) in [5.74, 6) is 0.187. The first-order valence-corrected chi connectivity index (χ1v) is 6.17. The van der Waals surface area contributed by atoms with E-state index in [0.29, 0.717) is 6.42 Å². The van der Waals surface area contributed by atoms with E-state index in [-0.39, 0.29) is 5.78 Å². The van der Waals surface area contributed by atoms with Crippen molar-refractivity contribution >= 4 is 5.78 Å². The summed E-state index contributed by atoms with van der Waals surface area (Å²) in [5.41, 5.74) is 3.78. The lowest BCUT2D eigenvalue weighted by atomic mass is 10.0. The van der Waals surface area contributed by atoms with Gasteiger partial charge in [-0.1, -0.05) is 30.3 Å². The van der Waals surface area contributed by atoms with Gasteiger partial charge in [-0.25, -0.2) is 0 Å². The molecule has 0 aliphatic rings. The van der Waals surface area contributed by atoms with Crippen LogP contribution in [-0.4, -0.2) is 10.8 Å². The summed E-state index contributed by atoms with van der Waals surface area (Å²) in [6.07, 6.45) is 1.34. The van der Waals surface area contributed by atoms with Crippen molar-refractivity contribution in [3.63, 3.8) is 0 Å². The summed E-state index contributed by atoms with van der Waals surface area (Å²) in [6, 6.07) is 13.8. The van der Waals surface area contributed by atoms with Gasteiger partial charge in [0.2, 0.25) is 0 Å². The Labute approximate surface area is 108 Å². The van der Waals surface area contributed by atoms with Gasteiger partial charge in [0.05, 0.1) is 0 Å². The minimum absolute atomic E-state index is 0.187. The molecule has 0 saturated heterocycles. The summed E-state index contributed by atoms with van der Waals surface area (Å²) in [5, 5.41) is 0. The molecule has 2 nitrogen and oxygen atoms in total. The first-order chi connectivity index (χ1) is 8.65. The van der Waals surface area contributed by atoms with Gasteiger partial charge in [-0.15, -0.1) is 0 Å². The van der Waals surface area contributed by atoms with Crippen LogP contribution in [-0.2, 0) is 6.42 Å². The number of rotatable bonds is 4. The summed E-state index contributed by atoms with van der Waals surface area (Å²) in [4.78, 5) is 16.4. The van der Waals surface area contributed by atoms with Crippen LogP contribution < -0.4 is 0 Å². The number of carbonyl (C=O) groups excluding carboxylic acids is 1. The Morgan fingerprint density at radius 2 is 1.67 bits per heavy atom.